The number of rotatable bonds is 10. The fourth-order valence-corrected chi connectivity index (χ4v) is 6.98. The van der Waals surface area contributed by atoms with E-state index in [9.17, 15) is 4.79 Å². The summed E-state index contributed by atoms with van der Waals surface area (Å²) >= 11 is 0. The van der Waals surface area contributed by atoms with Crippen LogP contribution in [-0.2, 0) is 22.4 Å². The number of nitrogens with zero attached hydrogens (tertiary/aromatic N) is 2. The zero-order valence-corrected chi connectivity index (χ0v) is 29.8. The maximum absolute atomic E-state index is 12.3. The van der Waals surface area contributed by atoms with Gasteiger partial charge in [-0.2, -0.15) is 0 Å². The molecule has 0 fully saturated rings. The molecule has 2 aromatic heterocycles. The number of benzene rings is 1. The molecule has 1 amide bonds. The van der Waals surface area contributed by atoms with Crippen molar-refractivity contribution in [3.63, 3.8) is 0 Å². The van der Waals surface area contributed by atoms with Gasteiger partial charge >= 0.3 is 0 Å². The molecule has 0 spiro atoms. The molecule has 5 rings (SSSR count). The molecule has 47 heavy (non-hydrogen) atoms. The molecule has 2 N–H and O–H groups in total. The Labute approximate surface area is 279 Å². The topological polar surface area (TPSA) is 82.6 Å². The highest BCUT2D eigenvalue weighted by atomic mass is 16.5. The standard InChI is InChI=1S/C41H50N4O2/c1-11-29-24(7)33(20-37-31(13-3)26(9)40(46)44-37)42-35(29)22-36-30(12-2)25(8)34(43-36)21-38-32(14-4)27(10)41(45-38)47-39(23(5)6)28-18-16-15-17-19-28/h15-23,39,42-43H,11-14H2,1-10H3/b33-20+,35-22-,38-21-/t39-/m1/s1. The molecule has 6 nitrogen and oxygen atoms in total. The number of aromatic amines is 2. The minimum Gasteiger partial charge on any atom is -0.469 e. The van der Waals surface area contributed by atoms with Gasteiger partial charge in [0.1, 0.15) is 6.10 Å². The van der Waals surface area contributed by atoms with Crippen LogP contribution in [0.2, 0.25) is 0 Å². The van der Waals surface area contributed by atoms with Gasteiger partial charge in [0.2, 0.25) is 5.90 Å². The minimum absolute atomic E-state index is 0.0727. The van der Waals surface area contributed by atoms with E-state index >= 15 is 0 Å². The number of ether oxygens (including phenoxy) is 1. The molecule has 4 heterocycles. The smallest absolute Gasteiger partial charge is 0.273 e. The molecule has 0 aliphatic carbocycles. The van der Waals surface area contributed by atoms with Crippen LogP contribution in [0.25, 0.3) is 18.2 Å². The molecule has 2 aliphatic heterocycles. The molecule has 6 heteroatoms. The number of hydrogen-bond acceptors (Lipinski definition) is 3. The first-order valence-corrected chi connectivity index (χ1v) is 17.2. The van der Waals surface area contributed by atoms with E-state index in [1.807, 2.05) is 19.1 Å². The SMILES string of the molecule is CCC1=C(C)C(=O)N=C1/C=c1/[nH]/c(=C\c2[nH]c(/C=C3\N=C(O[C@@H](c4ccccc4)C(C)C)C(C)=C3CC)c(C)c2CC)c(CC)c1C. The van der Waals surface area contributed by atoms with Gasteiger partial charge in [-0.3, -0.25) is 4.79 Å². The van der Waals surface area contributed by atoms with E-state index in [-0.39, 0.29) is 12.0 Å². The summed E-state index contributed by atoms with van der Waals surface area (Å²) in [5, 5.41) is 2.08. The van der Waals surface area contributed by atoms with E-state index in [0.717, 1.165) is 81.5 Å². The predicted octanol–water partition coefficient (Wildman–Crippen LogP) is 8.29. The average Bonchev–Trinajstić information content (AvgIpc) is 3.71. The third kappa shape index (κ3) is 6.56. The maximum atomic E-state index is 12.3. The van der Waals surface area contributed by atoms with Gasteiger partial charge in [0.25, 0.3) is 5.91 Å². The maximum Gasteiger partial charge on any atom is 0.273 e. The highest BCUT2D eigenvalue weighted by Crippen LogP contribution is 2.35. The van der Waals surface area contributed by atoms with Crippen molar-refractivity contribution in [2.75, 3.05) is 0 Å². The summed E-state index contributed by atoms with van der Waals surface area (Å²) in [4.78, 5) is 29.2. The molecule has 0 bridgehead atoms. The summed E-state index contributed by atoms with van der Waals surface area (Å²) in [5.41, 5.74) is 14.1. The lowest BCUT2D eigenvalue weighted by Gasteiger charge is -2.23. The Bertz CT molecular complexity index is 1970. The molecular weight excluding hydrogens is 580 g/mol. The lowest BCUT2D eigenvalue weighted by atomic mass is 9.99. The van der Waals surface area contributed by atoms with Crippen LogP contribution in [-0.4, -0.2) is 27.5 Å². The van der Waals surface area contributed by atoms with E-state index in [4.69, 9.17) is 9.73 Å². The second-order valence-electron chi connectivity index (χ2n) is 13.0. The van der Waals surface area contributed by atoms with Crippen LogP contribution in [0.1, 0.15) is 114 Å². The summed E-state index contributed by atoms with van der Waals surface area (Å²) in [6, 6.07) is 10.4. The summed E-state index contributed by atoms with van der Waals surface area (Å²) in [5.74, 6) is 0.881. The fraction of sp³-hybridized carbons (Fsp3) is 0.390. The molecular formula is C41H50N4O2. The van der Waals surface area contributed by atoms with Crippen LogP contribution < -0.4 is 10.7 Å². The number of hydrogen-bond donors (Lipinski definition) is 2. The minimum atomic E-state index is -0.131. The van der Waals surface area contributed by atoms with Crippen LogP contribution in [0.5, 0.6) is 0 Å². The molecule has 1 atom stereocenters. The number of carbonyl (C=O) groups is 1. The Morgan fingerprint density at radius 1 is 0.723 bits per heavy atom. The monoisotopic (exact) mass is 630 g/mol. The molecule has 0 unspecified atom stereocenters. The van der Waals surface area contributed by atoms with Crippen molar-refractivity contribution in [2.24, 2.45) is 15.9 Å². The third-order valence-electron chi connectivity index (χ3n) is 9.75. The quantitative estimate of drug-likeness (QED) is 0.236. The molecule has 0 radical (unpaired) electrons. The Morgan fingerprint density at radius 2 is 1.40 bits per heavy atom. The lowest BCUT2D eigenvalue weighted by molar-refractivity contribution is -0.114. The number of aliphatic imine (C=N–C) groups is 2. The first-order valence-electron chi connectivity index (χ1n) is 17.2. The highest BCUT2D eigenvalue weighted by molar-refractivity contribution is 6.30. The predicted molar refractivity (Wildman–Crippen MR) is 196 cm³/mol. The van der Waals surface area contributed by atoms with Gasteiger partial charge in [-0.05, 0) is 116 Å². The number of carbonyl (C=O) groups excluding carboxylic acids is 1. The van der Waals surface area contributed by atoms with E-state index in [0.29, 0.717) is 11.8 Å². The zero-order chi connectivity index (χ0) is 34.0. The Kier molecular flexibility index (Phi) is 10.2. The van der Waals surface area contributed by atoms with E-state index in [1.54, 1.807) is 0 Å². The van der Waals surface area contributed by atoms with Gasteiger partial charge in [0.15, 0.2) is 0 Å². The largest absolute Gasteiger partial charge is 0.469 e. The van der Waals surface area contributed by atoms with Gasteiger partial charge in [-0.25, -0.2) is 9.98 Å². The Morgan fingerprint density at radius 3 is 2.02 bits per heavy atom. The van der Waals surface area contributed by atoms with Gasteiger partial charge < -0.3 is 14.7 Å². The lowest BCUT2D eigenvalue weighted by Crippen LogP contribution is -2.16. The summed E-state index contributed by atoms with van der Waals surface area (Å²) in [6.45, 7) is 21.4. The normalized spacial score (nSPS) is 17.6. The van der Waals surface area contributed by atoms with Crippen LogP contribution in [0.15, 0.2) is 68.3 Å². The van der Waals surface area contributed by atoms with Crippen molar-refractivity contribution >= 4 is 35.7 Å². The van der Waals surface area contributed by atoms with Gasteiger partial charge in [-0.15, -0.1) is 0 Å². The molecule has 1 aromatic carbocycles. The van der Waals surface area contributed by atoms with Gasteiger partial charge in [0, 0.05) is 33.2 Å². The molecule has 0 saturated heterocycles. The van der Waals surface area contributed by atoms with Crippen molar-refractivity contribution in [3.8, 4) is 0 Å². The van der Waals surface area contributed by atoms with Crippen LogP contribution in [0, 0.1) is 19.8 Å². The van der Waals surface area contributed by atoms with Crippen molar-refractivity contribution in [1.82, 2.24) is 9.97 Å². The summed E-state index contributed by atoms with van der Waals surface area (Å²) in [6.07, 6.45) is 9.84. The van der Waals surface area contributed by atoms with Crippen molar-refractivity contribution in [2.45, 2.75) is 101 Å². The third-order valence-corrected chi connectivity index (χ3v) is 9.75. The zero-order valence-electron chi connectivity index (χ0n) is 29.8. The average molecular weight is 631 g/mol. The van der Waals surface area contributed by atoms with Crippen molar-refractivity contribution < 1.29 is 9.53 Å². The van der Waals surface area contributed by atoms with Crippen molar-refractivity contribution in [3.05, 3.63) is 108 Å². The highest BCUT2D eigenvalue weighted by Gasteiger charge is 2.27. The Balaban J connectivity index is 1.55. The summed E-state index contributed by atoms with van der Waals surface area (Å²) < 4.78 is 6.64. The van der Waals surface area contributed by atoms with Gasteiger partial charge in [0.05, 0.1) is 11.4 Å². The van der Waals surface area contributed by atoms with Crippen LogP contribution in [0.4, 0.5) is 0 Å². The molecule has 3 aromatic rings. The Hall–Kier alpha value is -4.45. The van der Waals surface area contributed by atoms with Crippen LogP contribution in [0.3, 0.4) is 0 Å². The summed E-state index contributed by atoms with van der Waals surface area (Å²) in [7, 11) is 0. The van der Waals surface area contributed by atoms with Crippen LogP contribution >= 0.6 is 0 Å². The second-order valence-corrected chi connectivity index (χ2v) is 13.0. The van der Waals surface area contributed by atoms with Crippen molar-refractivity contribution in [1.29, 1.82) is 0 Å². The van der Waals surface area contributed by atoms with Gasteiger partial charge in [-0.1, -0.05) is 71.9 Å². The number of H-pyrrole nitrogens is 2. The second kappa shape index (κ2) is 14.1. The van der Waals surface area contributed by atoms with E-state index in [1.165, 1.54) is 27.8 Å². The number of aromatic nitrogens is 2. The number of nitrogens with one attached hydrogen (secondary N) is 2. The first kappa shape index (κ1) is 33.9. The first-order chi connectivity index (χ1) is 22.5. The molecule has 2 aliphatic rings. The fourth-order valence-electron chi connectivity index (χ4n) is 6.98. The molecule has 0 saturated carbocycles. The van der Waals surface area contributed by atoms with E-state index < -0.39 is 0 Å². The molecule has 246 valence electrons. The van der Waals surface area contributed by atoms with E-state index in [2.05, 4.69) is 114 Å². The number of amides is 1. The number of allylic oxidation sites excluding steroid dienone is 2.